The lowest BCUT2D eigenvalue weighted by Crippen LogP contribution is -2.67. The van der Waals surface area contributed by atoms with Gasteiger partial charge in [-0.25, -0.2) is 4.39 Å². The van der Waals surface area contributed by atoms with Gasteiger partial charge >= 0.3 is 0 Å². The van der Waals surface area contributed by atoms with Gasteiger partial charge in [-0.2, -0.15) is 0 Å². The maximum atomic E-state index is 12.6. The molecule has 0 bridgehead atoms. The first-order valence-corrected chi connectivity index (χ1v) is 6.14. The summed E-state index contributed by atoms with van der Waals surface area (Å²) in [5.74, 6) is 0. The van der Waals surface area contributed by atoms with Crippen molar-refractivity contribution >= 4 is 0 Å². The molecule has 2 fully saturated rings. The molecule has 0 atom stereocenters. The summed E-state index contributed by atoms with van der Waals surface area (Å²) >= 11 is 0. The van der Waals surface area contributed by atoms with Crippen LogP contribution in [0.3, 0.4) is 0 Å². The number of halogens is 1. The Morgan fingerprint density at radius 2 is 1.93 bits per heavy atom. The van der Waals surface area contributed by atoms with Gasteiger partial charge in [0.1, 0.15) is 6.67 Å². The number of piperazine rings is 1. The summed E-state index contributed by atoms with van der Waals surface area (Å²) in [6.45, 7) is 6.85. The SMILES string of the molecule is CC1(C)CN(CCF)C2(CCCC2)CN1. The summed E-state index contributed by atoms with van der Waals surface area (Å²) in [5, 5.41) is 3.62. The Morgan fingerprint density at radius 3 is 2.53 bits per heavy atom. The first-order valence-electron chi connectivity index (χ1n) is 6.14. The third-order valence-electron chi connectivity index (χ3n) is 4.04. The fourth-order valence-electron chi connectivity index (χ4n) is 3.16. The van der Waals surface area contributed by atoms with E-state index in [2.05, 4.69) is 24.1 Å². The highest BCUT2D eigenvalue weighted by atomic mass is 19.1. The lowest BCUT2D eigenvalue weighted by Gasteiger charge is -2.51. The number of alkyl halides is 1. The van der Waals surface area contributed by atoms with Crippen LogP contribution >= 0.6 is 0 Å². The van der Waals surface area contributed by atoms with E-state index < -0.39 is 0 Å². The quantitative estimate of drug-likeness (QED) is 0.756. The molecule has 1 aliphatic heterocycles. The fourth-order valence-corrected chi connectivity index (χ4v) is 3.16. The molecular formula is C12H23FN2. The molecule has 0 radical (unpaired) electrons. The molecule has 0 aromatic carbocycles. The van der Waals surface area contributed by atoms with Crippen LogP contribution in [-0.4, -0.2) is 42.3 Å². The maximum Gasteiger partial charge on any atom is 0.102 e. The molecule has 1 saturated carbocycles. The average Bonchev–Trinajstić information content (AvgIpc) is 2.62. The van der Waals surface area contributed by atoms with Crippen molar-refractivity contribution in [2.24, 2.45) is 0 Å². The molecule has 0 aromatic heterocycles. The Bertz CT molecular complexity index is 222. The summed E-state index contributed by atoms with van der Waals surface area (Å²) in [7, 11) is 0. The van der Waals surface area contributed by atoms with Gasteiger partial charge in [0.15, 0.2) is 0 Å². The van der Waals surface area contributed by atoms with Crippen molar-refractivity contribution in [2.45, 2.75) is 50.6 Å². The van der Waals surface area contributed by atoms with Crippen molar-refractivity contribution in [2.75, 3.05) is 26.3 Å². The minimum Gasteiger partial charge on any atom is -0.309 e. The highest BCUT2D eigenvalue weighted by Gasteiger charge is 2.45. The Morgan fingerprint density at radius 1 is 1.27 bits per heavy atom. The molecule has 15 heavy (non-hydrogen) atoms. The van der Waals surface area contributed by atoms with Crippen LogP contribution in [-0.2, 0) is 0 Å². The number of hydrogen-bond acceptors (Lipinski definition) is 2. The van der Waals surface area contributed by atoms with Crippen LogP contribution in [0.1, 0.15) is 39.5 Å². The maximum absolute atomic E-state index is 12.6. The molecule has 1 aliphatic carbocycles. The van der Waals surface area contributed by atoms with Crippen molar-refractivity contribution < 1.29 is 4.39 Å². The van der Waals surface area contributed by atoms with Gasteiger partial charge in [0, 0.05) is 30.7 Å². The second-order valence-electron chi connectivity index (χ2n) is 5.78. The van der Waals surface area contributed by atoms with Crippen LogP contribution in [0.25, 0.3) is 0 Å². The van der Waals surface area contributed by atoms with Crippen molar-refractivity contribution in [1.82, 2.24) is 10.2 Å². The molecule has 0 aromatic rings. The van der Waals surface area contributed by atoms with E-state index in [4.69, 9.17) is 0 Å². The summed E-state index contributed by atoms with van der Waals surface area (Å²) in [5.41, 5.74) is 0.421. The molecule has 0 unspecified atom stereocenters. The zero-order chi connectivity index (χ0) is 10.9. The van der Waals surface area contributed by atoms with Gasteiger partial charge in [0.25, 0.3) is 0 Å². The molecule has 1 N–H and O–H groups in total. The zero-order valence-electron chi connectivity index (χ0n) is 9.98. The van der Waals surface area contributed by atoms with E-state index in [1.165, 1.54) is 25.7 Å². The normalized spacial score (nSPS) is 29.8. The van der Waals surface area contributed by atoms with Crippen molar-refractivity contribution in [1.29, 1.82) is 0 Å². The van der Waals surface area contributed by atoms with Crippen LogP contribution in [0.2, 0.25) is 0 Å². The lowest BCUT2D eigenvalue weighted by atomic mass is 9.87. The van der Waals surface area contributed by atoms with E-state index in [1.54, 1.807) is 0 Å². The second kappa shape index (κ2) is 4.02. The highest BCUT2D eigenvalue weighted by molar-refractivity contribution is 5.04. The van der Waals surface area contributed by atoms with Gasteiger partial charge < -0.3 is 5.32 Å². The fraction of sp³-hybridized carbons (Fsp3) is 1.00. The minimum atomic E-state index is -0.210. The van der Waals surface area contributed by atoms with E-state index in [1.807, 2.05) is 0 Å². The molecule has 0 amide bonds. The lowest BCUT2D eigenvalue weighted by molar-refractivity contribution is 0.0150. The van der Waals surface area contributed by atoms with Crippen LogP contribution < -0.4 is 5.32 Å². The van der Waals surface area contributed by atoms with Gasteiger partial charge in [-0.15, -0.1) is 0 Å². The monoisotopic (exact) mass is 214 g/mol. The van der Waals surface area contributed by atoms with E-state index in [9.17, 15) is 4.39 Å². The third-order valence-corrected chi connectivity index (χ3v) is 4.04. The molecule has 2 aliphatic rings. The standard InChI is InChI=1S/C12H23FN2/c1-11(2)10-15(8-7-13)12(9-14-11)5-3-4-6-12/h14H,3-10H2,1-2H3. The van der Waals surface area contributed by atoms with Gasteiger partial charge in [-0.3, -0.25) is 4.90 Å². The molecule has 88 valence electrons. The minimum absolute atomic E-state index is 0.142. The van der Waals surface area contributed by atoms with E-state index >= 15 is 0 Å². The van der Waals surface area contributed by atoms with Crippen LogP contribution in [0, 0.1) is 0 Å². The first-order chi connectivity index (χ1) is 7.08. The largest absolute Gasteiger partial charge is 0.309 e. The number of nitrogens with one attached hydrogen (secondary N) is 1. The van der Waals surface area contributed by atoms with Gasteiger partial charge in [0.05, 0.1) is 0 Å². The number of nitrogens with zero attached hydrogens (tertiary/aromatic N) is 1. The van der Waals surface area contributed by atoms with Crippen LogP contribution in [0.4, 0.5) is 4.39 Å². The van der Waals surface area contributed by atoms with Crippen LogP contribution in [0.5, 0.6) is 0 Å². The summed E-state index contributed by atoms with van der Waals surface area (Å²) < 4.78 is 12.6. The Kier molecular flexibility index (Phi) is 3.04. The Balaban J connectivity index is 2.10. The topological polar surface area (TPSA) is 15.3 Å². The molecule has 2 nitrogen and oxygen atoms in total. The van der Waals surface area contributed by atoms with Gasteiger partial charge in [0.2, 0.25) is 0 Å². The predicted molar refractivity (Wildman–Crippen MR) is 60.8 cm³/mol. The molecule has 3 heteroatoms. The molecular weight excluding hydrogens is 191 g/mol. The predicted octanol–water partition coefficient (Wildman–Crippen LogP) is 1.95. The molecule has 2 rings (SSSR count). The number of rotatable bonds is 2. The highest BCUT2D eigenvalue weighted by Crippen LogP contribution is 2.38. The van der Waals surface area contributed by atoms with Crippen molar-refractivity contribution in [3.8, 4) is 0 Å². The smallest absolute Gasteiger partial charge is 0.102 e. The van der Waals surface area contributed by atoms with Crippen LogP contribution in [0.15, 0.2) is 0 Å². The average molecular weight is 214 g/mol. The van der Waals surface area contributed by atoms with Gasteiger partial charge in [-0.05, 0) is 26.7 Å². The molecule has 1 saturated heterocycles. The third kappa shape index (κ3) is 2.18. The zero-order valence-corrected chi connectivity index (χ0v) is 9.98. The first kappa shape index (κ1) is 11.3. The van der Waals surface area contributed by atoms with Crippen molar-refractivity contribution in [3.63, 3.8) is 0 Å². The van der Waals surface area contributed by atoms with E-state index in [0.717, 1.165) is 13.1 Å². The molecule has 1 heterocycles. The second-order valence-corrected chi connectivity index (χ2v) is 5.78. The Labute approximate surface area is 92.2 Å². The van der Waals surface area contributed by atoms with E-state index in [0.29, 0.717) is 6.54 Å². The van der Waals surface area contributed by atoms with Crippen molar-refractivity contribution in [3.05, 3.63) is 0 Å². The summed E-state index contributed by atoms with van der Waals surface area (Å²) in [6, 6.07) is 0. The van der Waals surface area contributed by atoms with Gasteiger partial charge in [-0.1, -0.05) is 12.8 Å². The van der Waals surface area contributed by atoms with E-state index in [-0.39, 0.29) is 17.8 Å². The summed E-state index contributed by atoms with van der Waals surface area (Å²) in [6.07, 6.45) is 5.11. The summed E-state index contributed by atoms with van der Waals surface area (Å²) in [4.78, 5) is 2.40. The number of hydrogen-bond donors (Lipinski definition) is 1. The molecule has 1 spiro atoms. The Hall–Kier alpha value is -0.150.